The van der Waals surface area contributed by atoms with Gasteiger partial charge in [0, 0.05) is 31.3 Å². The van der Waals surface area contributed by atoms with Crippen LogP contribution in [0.25, 0.3) is 0 Å². The van der Waals surface area contributed by atoms with E-state index in [1.165, 1.54) is 12.8 Å². The Labute approximate surface area is 86.0 Å². The molecule has 1 spiro atoms. The SMILES string of the molecule is CN(C)/C=C1\CCC2(CCCC2)C1=O. The van der Waals surface area contributed by atoms with E-state index >= 15 is 0 Å². The van der Waals surface area contributed by atoms with Crippen LogP contribution in [0.4, 0.5) is 0 Å². The van der Waals surface area contributed by atoms with Crippen LogP contribution >= 0.6 is 0 Å². The summed E-state index contributed by atoms with van der Waals surface area (Å²) in [7, 11) is 3.97. The fraction of sp³-hybridized carbons (Fsp3) is 0.750. The van der Waals surface area contributed by atoms with Crippen molar-refractivity contribution in [1.82, 2.24) is 4.90 Å². The van der Waals surface area contributed by atoms with Crippen molar-refractivity contribution in [2.24, 2.45) is 5.41 Å². The summed E-state index contributed by atoms with van der Waals surface area (Å²) in [6, 6.07) is 0. The van der Waals surface area contributed by atoms with Crippen LogP contribution in [0.15, 0.2) is 11.8 Å². The van der Waals surface area contributed by atoms with Crippen molar-refractivity contribution < 1.29 is 4.79 Å². The van der Waals surface area contributed by atoms with Gasteiger partial charge in [-0.2, -0.15) is 0 Å². The molecule has 0 unspecified atom stereocenters. The summed E-state index contributed by atoms with van der Waals surface area (Å²) >= 11 is 0. The number of nitrogens with zero attached hydrogens (tertiary/aromatic N) is 1. The van der Waals surface area contributed by atoms with Crippen molar-refractivity contribution in [3.8, 4) is 0 Å². The molecular weight excluding hydrogens is 174 g/mol. The molecule has 2 saturated carbocycles. The highest BCUT2D eigenvalue weighted by Crippen LogP contribution is 2.49. The summed E-state index contributed by atoms with van der Waals surface area (Å²) in [4.78, 5) is 14.2. The van der Waals surface area contributed by atoms with E-state index in [1.54, 1.807) is 0 Å². The highest BCUT2D eigenvalue weighted by atomic mass is 16.1. The Morgan fingerprint density at radius 2 is 1.86 bits per heavy atom. The Bertz CT molecular complexity index is 272. The van der Waals surface area contributed by atoms with Gasteiger partial charge in [-0.05, 0) is 25.7 Å². The maximum atomic E-state index is 12.2. The summed E-state index contributed by atoms with van der Waals surface area (Å²) in [5.41, 5.74) is 1.12. The molecule has 2 aliphatic carbocycles. The van der Waals surface area contributed by atoms with Gasteiger partial charge in [-0.15, -0.1) is 0 Å². The van der Waals surface area contributed by atoms with Crippen molar-refractivity contribution >= 4 is 5.78 Å². The molecule has 0 aromatic rings. The second-order valence-electron chi connectivity index (χ2n) is 4.93. The Hall–Kier alpha value is -0.790. The predicted molar refractivity (Wildman–Crippen MR) is 56.9 cm³/mol. The summed E-state index contributed by atoms with van der Waals surface area (Å²) in [6.07, 6.45) is 8.88. The van der Waals surface area contributed by atoms with Crippen LogP contribution in [-0.2, 0) is 4.79 Å². The monoisotopic (exact) mass is 193 g/mol. The molecule has 0 amide bonds. The predicted octanol–water partition coefficient (Wildman–Crippen LogP) is 2.36. The molecule has 0 radical (unpaired) electrons. The smallest absolute Gasteiger partial charge is 0.166 e. The molecule has 14 heavy (non-hydrogen) atoms. The zero-order valence-electron chi connectivity index (χ0n) is 9.18. The highest BCUT2D eigenvalue weighted by molar-refractivity contribution is 6.02. The topological polar surface area (TPSA) is 20.3 Å². The van der Waals surface area contributed by atoms with E-state index in [0.717, 1.165) is 31.3 Å². The normalized spacial score (nSPS) is 27.9. The van der Waals surface area contributed by atoms with E-state index in [4.69, 9.17) is 0 Å². The van der Waals surface area contributed by atoms with E-state index in [9.17, 15) is 4.79 Å². The van der Waals surface area contributed by atoms with Gasteiger partial charge in [0.25, 0.3) is 0 Å². The number of hydrogen-bond acceptors (Lipinski definition) is 2. The lowest BCUT2D eigenvalue weighted by atomic mass is 9.83. The summed E-state index contributed by atoms with van der Waals surface area (Å²) in [5, 5.41) is 0. The average molecular weight is 193 g/mol. The first-order chi connectivity index (χ1) is 6.64. The van der Waals surface area contributed by atoms with Crippen molar-refractivity contribution in [1.29, 1.82) is 0 Å². The van der Waals surface area contributed by atoms with Crippen LogP contribution in [-0.4, -0.2) is 24.8 Å². The van der Waals surface area contributed by atoms with Gasteiger partial charge < -0.3 is 4.90 Å². The number of rotatable bonds is 1. The minimum absolute atomic E-state index is 0.0713. The third-order valence-corrected chi connectivity index (χ3v) is 3.62. The highest BCUT2D eigenvalue weighted by Gasteiger charge is 2.46. The molecule has 0 heterocycles. The first-order valence-corrected chi connectivity index (χ1v) is 5.56. The summed E-state index contributed by atoms with van der Waals surface area (Å²) < 4.78 is 0. The van der Waals surface area contributed by atoms with E-state index < -0.39 is 0 Å². The van der Waals surface area contributed by atoms with Crippen LogP contribution in [0, 0.1) is 5.41 Å². The van der Waals surface area contributed by atoms with Crippen molar-refractivity contribution in [2.45, 2.75) is 38.5 Å². The molecule has 2 fully saturated rings. The molecular formula is C12H19NO. The van der Waals surface area contributed by atoms with E-state index in [2.05, 4.69) is 0 Å². The Morgan fingerprint density at radius 1 is 1.21 bits per heavy atom. The molecule has 2 heteroatoms. The maximum absolute atomic E-state index is 12.2. The van der Waals surface area contributed by atoms with Crippen molar-refractivity contribution in [2.75, 3.05) is 14.1 Å². The number of carbonyl (C=O) groups is 1. The van der Waals surface area contributed by atoms with Crippen molar-refractivity contribution in [3.05, 3.63) is 11.8 Å². The zero-order chi connectivity index (χ0) is 10.2. The van der Waals surface area contributed by atoms with Gasteiger partial charge in [0.15, 0.2) is 5.78 Å². The molecule has 0 aromatic heterocycles. The Morgan fingerprint density at radius 3 is 2.43 bits per heavy atom. The average Bonchev–Trinajstić information content (AvgIpc) is 2.69. The molecule has 0 N–H and O–H groups in total. The minimum Gasteiger partial charge on any atom is -0.383 e. The first kappa shape index (κ1) is 9.75. The number of hydrogen-bond donors (Lipinski definition) is 0. The number of carbonyl (C=O) groups excluding carboxylic acids is 1. The lowest BCUT2D eigenvalue weighted by molar-refractivity contribution is -0.122. The van der Waals surface area contributed by atoms with Crippen LogP contribution in [0.2, 0.25) is 0 Å². The molecule has 0 bridgehead atoms. The fourth-order valence-electron chi connectivity index (χ4n) is 2.91. The molecule has 0 aromatic carbocycles. The fourth-order valence-corrected chi connectivity index (χ4v) is 2.91. The second kappa shape index (κ2) is 3.41. The summed E-state index contributed by atoms with van der Waals surface area (Å²) in [5.74, 6) is 0.448. The molecule has 0 saturated heterocycles. The maximum Gasteiger partial charge on any atom is 0.166 e. The Kier molecular flexibility index (Phi) is 2.38. The lowest BCUT2D eigenvalue weighted by Gasteiger charge is -2.19. The molecule has 2 aliphatic rings. The van der Waals surface area contributed by atoms with E-state index in [0.29, 0.717) is 5.78 Å². The van der Waals surface area contributed by atoms with Gasteiger partial charge in [-0.25, -0.2) is 0 Å². The van der Waals surface area contributed by atoms with Gasteiger partial charge in [-0.1, -0.05) is 12.8 Å². The second-order valence-corrected chi connectivity index (χ2v) is 4.93. The quantitative estimate of drug-likeness (QED) is 0.596. The largest absolute Gasteiger partial charge is 0.383 e. The van der Waals surface area contributed by atoms with Crippen LogP contribution < -0.4 is 0 Å². The summed E-state index contributed by atoms with van der Waals surface area (Å²) in [6.45, 7) is 0. The minimum atomic E-state index is 0.0713. The van der Waals surface area contributed by atoms with Crippen LogP contribution in [0.3, 0.4) is 0 Å². The van der Waals surface area contributed by atoms with E-state index in [1.807, 2.05) is 25.2 Å². The number of allylic oxidation sites excluding steroid dienone is 1. The molecule has 0 aliphatic heterocycles. The molecule has 2 nitrogen and oxygen atoms in total. The van der Waals surface area contributed by atoms with Gasteiger partial charge in [0.2, 0.25) is 0 Å². The van der Waals surface area contributed by atoms with Gasteiger partial charge in [-0.3, -0.25) is 4.79 Å². The van der Waals surface area contributed by atoms with Gasteiger partial charge in [0.05, 0.1) is 0 Å². The van der Waals surface area contributed by atoms with Gasteiger partial charge >= 0.3 is 0 Å². The lowest BCUT2D eigenvalue weighted by Crippen LogP contribution is -2.22. The van der Waals surface area contributed by atoms with E-state index in [-0.39, 0.29) is 5.41 Å². The molecule has 78 valence electrons. The van der Waals surface area contributed by atoms with Crippen molar-refractivity contribution in [3.63, 3.8) is 0 Å². The zero-order valence-corrected chi connectivity index (χ0v) is 9.18. The first-order valence-electron chi connectivity index (χ1n) is 5.56. The van der Waals surface area contributed by atoms with Gasteiger partial charge in [0.1, 0.15) is 0 Å². The number of ketones is 1. The standard InChI is InChI=1S/C12H19NO/c1-13(2)9-10-5-8-12(11(10)14)6-3-4-7-12/h9H,3-8H2,1-2H3/b10-9+. The molecule has 2 rings (SSSR count). The third-order valence-electron chi connectivity index (χ3n) is 3.62. The van der Waals surface area contributed by atoms with Crippen LogP contribution in [0.1, 0.15) is 38.5 Å². The third kappa shape index (κ3) is 1.47. The van der Waals surface area contributed by atoms with Crippen LogP contribution in [0.5, 0.6) is 0 Å². The number of Topliss-reactive ketones (excluding diaryl/α,β-unsaturated/α-hetero) is 1. The molecule has 0 atom stereocenters. The Balaban J connectivity index is 2.18.